The van der Waals surface area contributed by atoms with Gasteiger partial charge in [-0.1, -0.05) is 0 Å². The van der Waals surface area contributed by atoms with Gasteiger partial charge < -0.3 is 20.3 Å². The summed E-state index contributed by atoms with van der Waals surface area (Å²) in [6.45, 7) is 0.565. The number of hydrogen-bond donors (Lipinski definition) is 2. The van der Waals surface area contributed by atoms with Gasteiger partial charge in [-0.3, -0.25) is 0 Å². The molecule has 5 heteroatoms. The van der Waals surface area contributed by atoms with Gasteiger partial charge in [-0.05, 0) is 24.3 Å². The summed E-state index contributed by atoms with van der Waals surface area (Å²) in [5.74, 6) is 0.180. The van der Waals surface area contributed by atoms with E-state index >= 15 is 0 Å². The fourth-order valence-corrected chi connectivity index (χ4v) is 0.954. The number of carboxylic acid groups (broad SMARTS) is 1. The molecule has 5 nitrogen and oxygen atoms in total. The molecule has 0 heterocycles. The second kappa shape index (κ2) is 5.87. The van der Waals surface area contributed by atoms with E-state index in [0.717, 1.165) is 0 Å². The molecule has 82 valence electrons. The first-order chi connectivity index (χ1) is 7.22. The van der Waals surface area contributed by atoms with Gasteiger partial charge in [0.05, 0.1) is 0 Å². The van der Waals surface area contributed by atoms with Crippen molar-refractivity contribution in [1.82, 2.24) is 0 Å². The zero-order valence-electron chi connectivity index (χ0n) is 8.18. The normalized spacial score (nSPS) is 9.67. The Morgan fingerprint density at radius 1 is 1.20 bits per heavy atom. The maximum Gasteiger partial charge on any atom is 0.341 e. The van der Waals surface area contributed by atoms with Crippen molar-refractivity contribution in [3.05, 3.63) is 24.3 Å². The van der Waals surface area contributed by atoms with Crippen LogP contribution >= 0.6 is 0 Å². The lowest BCUT2D eigenvalue weighted by Crippen LogP contribution is -2.11. The third kappa shape index (κ3) is 4.33. The lowest BCUT2D eigenvalue weighted by Gasteiger charge is -2.06. The van der Waals surface area contributed by atoms with Gasteiger partial charge in [-0.25, -0.2) is 4.79 Å². The van der Waals surface area contributed by atoms with Crippen molar-refractivity contribution < 1.29 is 19.4 Å². The molecule has 1 rings (SSSR count). The topological polar surface area (TPSA) is 81.8 Å². The molecule has 0 unspecified atom stereocenters. The van der Waals surface area contributed by atoms with Crippen LogP contribution in [0.1, 0.15) is 0 Å². The molecule has 0 atom stereocenters. The average molecular weight is 211 g/mol. The third-order valence-electron chi connectivity index (χ3n) is 1.57. The van der Waals surface area contributed by atoms with E-state index in [1.165, 1.54) is 0 Å². The molecule has 0 spiro atoms. The van der Waals surface area contributed by atoms with Crippen LogP contribution in [0.15, 0.2) is 24.3 Å². The highest BCUT2D eigenvalue weighted by molar-refractivity contribution is 5.68. The van der Waals surface area contributed by atoms with Crippen LogP contribution in [0.25, 0.3) is 0 Å². The van der Waals surface area contributed by atoms with Crippen LogP contribution in [-0.4, -0.2) is 30.8 Å². The molecule has 1 aromatic rings. The molecule has 0 saturated carbocycles. The summed E-state index contributed by atoms with van der Waals surface area (Å²) >= 11 is 0. The molecule has 0 aliphatic carbocycles. The van der Waals surface area contributed by atoms with E-state index in [-0.39, 0.29) is 6.61 Å². The summed E-state index contributed by atoms with van der Waals surface area (Å²) in [5, 5.41) is 8.38. The molecule has 0 fully saturated rings. The van der Waals surface area contributed by atoms with E-state index in [4.69, 9.17) is 20.3 Å². The van der Waals surface area contributed by atoms with Crippen LogP contribution in [0.5, 0.6) is 11.5 Å². The van der Waals surface area contributed by atoms with Crippen LogP contribution in [-0.2, 0) is 4.79 Å². The van der Waals surface area contributed by atoms with Crippen molar-refractivity contribution in [3.63, 3.8) is 0 Å². The molecule has 0 radical (unpaired) electrons. The number of benzene rings is 1. The van der Waals surface area contributed by atoms with E-state index in [9.17, 15) is 4.79 Å². The Labute approximate surface area is 87.4 Å². The molecule has 1 aromatic carbocycles. The molecule has 15 heavy (non-hydrogen) atoms. The largest absolute Gasteiger partial charge is 0.492 e. The number of carbonyl (C=O) groups is 1. The smallest absolute Gasteiger partial charge is 0.341 e. The van der Waals surface area contributed by atoms with Crippen LogP contribution in [0.4, 0.5) is 0 Å². The Kier molecular flexibility index (Phi) is 4.43. The predicted molar refractivity (Wildman–Crippen MR) is 54.1 cm³/mol. The van der Waals surface area contributed by atoms with Crippen molar-refractivity contribution in [2.45, 2.75) is 0 Å². The second-order valence-electron chi connectivity index (χ2n) is 2.79. The van der Waals surface area contributed by atoms with Crippen molar-refractivity contribution in [2.24, 2.45) is 5.73 Å². The SMILES string of the molecule is NCCOc1ccc(OCC(=O)O)cc1. The molecular weight excluding hydrogens is 198 g/mol. The highest BCUT2D eigenvalue weighted by Gasteiger charge is 1.99. The molecular formula is C10H13NO4. The van der Waals surface area contributed by atoms with Gasteiger partial charge in [-0.2, -0.15) is 0 Å². The number of ether oxygens (including phenoxy) is 2. The zero-order valence-corrected chi connectivity index (χ0v) is 8.18. The van der Waals surface area contributed by atoms with Crippen molar-refractivity contribution in [2.75, 3.05) is 19.8 Å². The minimum atomic E-state index is -1.00. The summed E-state index contributed by atoms with van der Waals surface area (Å²) in [4.78, 5) is 10.2. The van der Waals surface area contributed by atoms with Crippen LogP contribution in [0.2, 0.25) is 0 Å². The maximum absolute atomic E-state index is 10.2. The maximum atomic E-state index is 10.2. The first kappa shape index (κ1) is 11.3. The van der Waals surface area contributed by atoms with Gasteiger partial charge in [0.1, 0.15) is 18.1 Å². The van der Waals surface area contributed by atoms with E-state index in [1.54, 1.807) is 24.3 Å². The van der Waals surface area contributed by atoms with Gasteiger partial charge in [0, 0.05) is 6.54 Å². The van der Waals surface area contributed by atoms with Crippen LogP contribution in [0, 0.1) is 0 Å². The number of aliphatic carboxylic acids is 1. The van der Waals surface area contributed by atoms with E-state index < -0.39 is 5.97 Å². The highest BCUT2D eigenvalue weighted by Crippen LogP contribution is 2.17. The minimum absolute atomic E-state index is 0.344. The standard InChI is InChI=1S/C10H13NO4/c11-5-6-14-8-1-3-9(4-2-8)15-7-10(12)13/h1-4H,5-7,11H2,(H,12,13). The Bertz CT molecular complexity index is 310. The molecule has 3 N–H and O–H groups in total. The predicted octanol–water partition coefficient (Wildman–Crippen LogP) is 0.487. The first-order valence-corrected chi connectivity index (χ1v) is 4.50. The quantitative estimate of drug-likeness (QED) is 0.715. The molecule has 0 saturated heterocycles. The number of hydrogen-bond acceptors (Lipinski definition) is 4. The Morgan fingerprint density at radius 3 is 2.20 bits per heavy atom. The average Bonchev–Trinajstić information content (AvgIpc) is 2.25. The lowest BCUT2D eigenvalue weighted by molar-refractivity contribution is -0.139. The minimum Gasteiger partial charge on any atom is -0.492 e. The van der Waals surface area contributed by atoms with Gasteiger partial charge in [0.15, 0.2) is 6.61 Å². The summed E-state index contributed by atoms with van der Waals surface area (Å²) in [6.07, 6.45) is 0. The van der Waals surface area contributed by atoms with E-state index in [2.05, 4.69) is 0 Å². The van der Waals surface area contributed by atoms with Crippen molar-refractivity contribution >= 4 is 5.97 Å². The van der Waals surface area contributed by atoms with Crippen molar-refractivity contribution in [1.29, 1.82) is 0 Å². The highest BCUT2D eigenvalue weighted by atomic mass is 16.5. The Morgan fingerprint density at radius 2 is 1.73 bits per heavy atom. The van der Waals surface area contributed by atoms with E-state index in [0.29, 0.717) is 24.7 Å². The van der Waals surface area contributed by atoms with Gasteiger partial charge >= 0.3 is 5.97 Å². The van der Waals surface area contributed by atoms with E-state index in [1.807, 2.05) is 0 Å². The van der Waals surface area contributed by atoms with Crippen LogP contribution in [0.3, 0.4) is 0 Å². The Hall–Kier alpha value is -1.75. The summed E-state index contributed by atoms with van der Waals surface area (Å²) in [6, 6.07) is 6.70. The number of rotatable bonds is 6. The summed E-state index contributed by atoms with van der Waals surface area (Å²) in [7, 11) is 0. The molecule has 0 aromatic heterocycles. The number of carboxylic acids is 1. The van der Waals surface area contributed by atoms with Gasteiger partial charge in [0.2, 0.25) is 0 Å². The van der Waals surface area contributed by atoms with Gasteiger partial charge in [-0.15, -0.1) is 0 Å². The third-order valence-corrected chi connectivity index (χ3v) is 1.57. The first-order valence-electron chi connectivity index (χ1n) is 4.50. The molecule has 0 amide bonds. The Balaban J connectivity index is 2.45. The molecule has 0 aliphatic heterocycles. The molecule has 0 bridgehead atoms. The van der Waals surface area contributed by atoms with Crippen molar-refractivity contribution in [3.8, 4) is 11.5 Å². The summed E-state index contributed by atoms with van der Waals surface area (Å²) < 4.78 is 10.2. The van der Waals surface area contributed by atoms with Gasteiger partial charge in [0.25, 0.3) is 0 Å². The number of nitrogens with two attached hydrogens (primary N) is 1. The second-order valence-corrected chi connectivity index (χ2v) is 2.79. The summed E-state index contributed by atoms with van der Waals surface area (Å²) in [5.41, 5.74) is 5.27. The molecule has 0 aliphatic rings. The zero-order chi connectivity index (χ0) is 11.1. The fourth-order valence-electron chi connectivity index (χ4n) is 0.954. The van der Waals surface area contributed by atoms with Crippen LogP contribution < -0.4 is 15.2 Å². The fraction of sp³-hybridized carbons (Fsp3) is 0.300. The lowest BCUT2D eigenvalue weighted by atomic mass is 10.3. The monoisotopic (exact) mass is 211 g/mol.